The molecule has 0 radical (unpaired) electrons. The van der Waals surface area contributed by atoms with Crippen LogP contribution in [-0.4, -0.2) is 34.0 Å². The molecule has 0 aromatic heterocycles. The van der Waals surface area contributed by atoms with Crippen LogP contribution in [0.2, 0.25) is 0 Å². The van der Waals surface area contributed by atoms with Gasteiger partial charge in [0.1, 0.15) is 5.75 Å². The third-order valence-corrected chi connectivity index (χ3v) is 6.00. The van der Waals surface area contributed by atoms with Gasteiger partial charge < -0.3 is 9.64 Å². The first-order valence-electron chi connectivity index (χ1n) is 8.98. The van der Waals surface area contributed by atoms with Crippen LogP contribution in [0.15, 0.2) is 53.4 Å². The summed E-state index contributed by atoms with van der Waals surface area (Å²) in [6.07, 6.45) is 0.323. The molecular weight excluding hydrogens is 364 g/mol. The number of anilines is 1. The number of amides is 1. The number of benzene rings is 2. The molecule has 1 atom stereocenters. The summed E-state index contributed by atoms with van der Waals surface area (Å²) in [5.74, 6) is 0.693. The number of nitrogens with one attached hydrogen (secondary N) is 1. The SMILES string of the molecule is CCOc1ccc(N2C[C@@H](CNS(=O)(=O)c3ccc(C)cc3)CC2=O)cc1. The molecule has 1 N–H and O–H groups in total. The lowest BCUT2D eigenvalue weighted by Gasteiger charge is -2.17. The van der Waals surface area contributed by atoms with E-state index in [0.29, 0.717) is 19.6 Å². The van der Waals surface area contributed by atoms with Crippen molar-refractivity contribution in [1.82, 2.24) is 4.72 Å². The number of hydrogen-bond donors (Lipinski definition) is 1. The molecule has 2 aromatic carbocycles. The predicted octanol–water partition coefficient (Wildman–Crippen LogP) is 2.73. The zero-order chi connectivity index (χ0) is 19.4. The summed E-state index contributed by atoms with van der Waals surface area (Å²) in [5, 5.41) is 0. The zero-order valence-corrected chi connectivity index (χ0v) is 16.3. The van der Waals surface area contributed by atoms with Gasteiger partial charge in [-0.2, -0.15) is 0 Å². The molecule has 1 heterocycles. The van der Waals surface area contributed by atoms with Crippen LogP contribution in [0.4, 0.5) is 5.69 Å². The van der Waals surface area contributed by atoms with Crippen LogP contribution < -0.4 is 14.4 Å². The maximum absolute atomic E-state index is 12.4. The van der Waals surface area contributed by atoms with Gasteiger partial charge in [-0.05, 0) is 56.2 Å². The Labute approximate surface area is 160 Å². The number of nitrogens with zero attached hydrogens (tertiary/aromatic N) is 1. The molecule has 0 aliphatic carbocycles. The maximum Gasteiger partial charge on any atom is 0.240 e. The van der Waals surface area contributed by atoms with Crippen molar-refractivity contribution in [2.75, 3.05) is 24.6 Å². The van der Waals surface area contributed by atoms with Crippen LogP contribution in [0.5, 0.6) is 5.75 Å². The first kappa shape index (κ1) is 19.4. The van der Waals surface area contributed by atoms with Crippen LogP contribution in [0.1, 0.15) is 18.9 Å². The van der Waals surface area contributed by atoms with Crippen molar-refractivity contribution >= 4 is 21.6 Å². The molecule has 3 rings (SSSR count). The lowest BCUT2D eigenvalue weighted by Crippen LogP contribution is -2.31. The van der Waals surface area contributed by atoms with Crippen molar-refractivity contribution in [3.63, 3.8) is 0 Å². The van der Waals surface area contributed by atoms with Gasteiger partial charge in [-0.25, -0.2) is 13.1 Å². The van der Waals surface area contributed by atoms with E-state index >= 15 is 0 Å². The van der Waals surface area contributed by atoms with Gasteiger partial charge in [-0.3, -0.25) is 4.79 Å². The van der Waals surface area contributed by atoms with Gasteiger partial charge in [0.25, 0.3) is 0 Å². The highest BCUT2D eigenvalue weighted by atomic mass is 32.2. The zero-order valence-electron chi connectivity index (χ0n) is 15.5. The molecule has 1 fully saturated rings. The molecule has 0 unspecified atom stereocenters. The van der Waals surface area contributed by atoms with E-state index in [1.807, 2.05) is 38.1 Å². The minimum atomic E-state index is -3.57. The number of aryl methyl sites for hydroxylation is 1. The van der Waals surface area contributed by atoms with Crippen molar-refractivity contribution in [2.24, 2.45) is 5.92 Å². The summed E-state index contributed by atoms with van der Waals surface area (Å²) < 4.78 is 32.9. The van der Waals surface area contributed by atoms with Crippen LogP contribution in [0.25, 0.3) is 0 Å². The second-order valence-corrected chi connectivity index (χ2v) is 8.43. The molecule has 1 aliphatic rings. The fourth-order valence-electron chi connectivity index (χ4n) is 3.09. The minimum Gasteiger partial charge on any atom is -0.494 e. The van der Waals surface area contributed by atoms with Crippen LogP contribution in [0, 0.1) is 12.8 Å². The van der Waals surface area contributed by atoms with Gasteiger partial charge in [0.2, 0.25) is 15.9 Å². The van der Waals surface area contributed by atoms with E-state index in [9.17, 15) is 13.2 Å². The molecule has 1 amide bonds. The topological polar surface area (TPSA) is 75.7 Å². The predicted molar refractivity (Wildman–Crippen MR) is 104 cm³/mol. The average Bonchev–Trinajstić information content (AvgIpc) is 3.02. The van der Waals surface area contributed by atoms with E-state index < -0.39 is 10.0 Å². The van der Waals surface area contributed by atoms with Crippen molar-refractivity contribution in [3.05, 3.63) is 54.1 Å². The second kappa shape index (κ2) is 8.10. The minimum absolute atomic E-state index is 0.00121. The van der Waals surface area contributed by atoms with Gasteiger partial charge in [-0.15, -0.1) is 0 Å². The average molecular weight is 388 g/mol. The highest BCUT2D eigenvalue weighted by Crippen LogP contribution is 2.27. The van der Waals surface area contributed by atoms with E-state index in [2.05, 4.69) is 4.72 Å². The fraction of sp³-hybridized carbons (Fsp3) is 0.350. The summed E-state index contributed by atoms with van der Waals surface area (Å²) in [6, 6.07) is 14.1. The Morgan fingerprint density at radius 2 is 1.78 bits per heavy atom. The van der Waals surface area contributed by atoms with E-state index in [1.165, 1.54) is 0 Å². The normalized spacial score (nSPS) is 17.3. The number of carbonyl (C=O) groups excluding carboxylic acids is 1. The summed E-state index contributed by atoms with van der Waals surface area (Å²) in [5.41, 5.74) is 1.80. The fourth-order valence-corrected chi connectivity index (χ4v) is 4.20. The summed E-state index contributed by atoms with van der Waals surface area (Å²) in [7, 11) is -3.57. The van der Waals surface area contributed by atoms with Gasteiger partial charge >= 0.3 is 0 Å². The van der Waals surface area contributed by atoms with Gasteiger partial charge in [-0.1, -0.05) is 17.7 Å². The Morgan fingerprint density at radius 3 is 2.41 bits per heavy atom. The molecule has 0 spiro atoms. The monoisotopic (exact) mass is 388 g/mol. The van der Waals surface area contributed by atoms with Crippen molar-refractivity contribution in [1.29, 1.82) is 0 Å². The smallest absolute Gasteiger partial charge is 0.240 e. The number of ether oxygens (including phenoxy) is 1. The highest BCUT2D eigenvalue weighted by molar-refractivity contribution is 7.89. The Hall–Kier alpha value is -2.38. The van der Waals surface area contributed by atoms with E-state index in [1.54, 1.807) is 29.2 Å². The van der Waals surface area contributed by atoms with Crippen LogP contribution in [0.3, 0.4) is 0 Å². The Kier molecular flexibility index (Phi) is 5.82. The third-order valence-electron chi connectivity index (χ3n) is 4.56. The van der Waals surface area contributed by atoms with Crippen molar-refractivity contribution < 1.29 is 17.9 Å². The maximum atomic E-state index is 12.4. The summed E-state index contributed by atoms with van der Waals surface area (Å²) in [6.45, 7) is 5.13. The number of hydrogen-bond acceptors (Lipinski definition) is 4. The number of sulfonamides is 1. The first-order chi connectivity index (χ1) is 12.9. The standard InChI is InChI=1S/C20H24N2O4S/c1-3-26-18-8-6-17(7-9-18)22-14-16(12-20(22)23)13-21-27(24,25)19-10-4-15(2)5-11-19/h4-11,16,21H,3,12-14H2,1-2H3/t16-/m1/s1. The van der Waals surface area contributed by atoms with Crippen molar-refractivity contribution in [3.8, 4) is 5.75 Å². The summed E-state index contributed by atoms with van der Waals surface area (Å²) in [4.78, 5) is 14.3. The molecule has 2 aromatic rings. The quantitative estimate of drug-likeness (QED) is 0.791. The molecule has 0 bridgehead atoms. The first-order valence-corrected chi connectivity index (χ1v) is 10.5. The largest absolute Gasteiger partial charge is 0.494 e. The van der Waals surface area contributed by atoms with E-state index in [0.717, 1.165) is 17.0 Å². The van der Waals surface area contributed by atoms with E-state index in [-0.39, 0.29) is 23.3 Å². The molecule has 1 saturated heterocycles. The van der Waals surface area contributed by atoms with Crippen LogP contribution in [-0.2, 0) is 14.8 Å². The molecule has 0 saturated carbocycles. The Morgan fingerprint density at radius 1 is 1.11 bits per heavy atom. The molecule has 7 heteroatoms. The second-order valence-electron chi connectivity index (χ2n) is 6.67. The lowest BCUT2D eigenvalue weighted by molar-refractivity contribution is -0.117. The Balaban J connectivity index is 1.61. The highest BCUT2D eigenvalue weighted by Gasteiger charge is 2.31. The molecule has 1 aliphatic heterocycles. The van der Waals surface area contributed by atoms with Crippen molar-refractivity contribution in [2.45, 2.75) is 25.2 Å². The Bertz CT molecular complexity index is 893. The third kappa shape index (κ3) is 4.67. The van der Waals surface area contributed by atoms with Gasteiger partial charge in [0.05, 0.1) is 11.5 Å². The molecule has 6 nitrogen and oxygen atoms in total. The molecule has 144 valence electrons. The van der Waals surface area contributed by atoms with E-state index in [4.69, 9.17) is 4.74 Å². The number of rotatable bonds is 7. The number of carbonyl (C=O) groups is 1. The molecule has 27 heavy (non-hydrogen) atoms. The lowest BCUT2D eigenvalue weighted by atomic mass is 10.1. The van der Waals surface area contributed by atoms with Crippen LogP contribution >= 0.6 is 0 Å². The summed E-state index contributed by atoms with van der Waals surface area (Å²) >= 11 is 0. The van der Waals surface area contributed by atoms with Gasteiger partial charge in [0.15, 0.2) is 0 Å². The molecular formula is C20H24N2O4S. The van der Waals surface area contributed by atoms with Gasteiger partial charge in [0, 0.05) is 25.2 Å².